The van der Waals surface area contributed by atoms with E-state index < -0.39 is 11.7 Å². The molecule has 1 aromatic carbocycles. The number of amides is 1. The number of nitrogens with zero attached hydrogens (tertiary/aromatic N) is 2. The average molecular weight is 327 g/mol. The Labute approximate surface area is 129 Å². The molecule has 0 fully saturated rings. The monoisotopic (exact) mass is 326 g/mol. The lowest BCUT2D eigenvalue weighted by Gasteiger charge is -2.12. The highest BCUT2D eigenvalue weighted by Crippen LogP contribution is 2.29. The molecule has 8 heteroatoms. The van der Waals surface area contributed by atoms with Crippen LogP contribution in [-0.2, 0) is 4.79 Å². The summed E-state index contributed by atoms with van der Waals surface area (Å²) < 4.78 is 13.3. The second-order valence-corrected chi connectivity index (χ2v) is 4.59. The van der Waals surface area contributed by atoms with Crippen LogP contribution in [-0.4, -0.2) is 15.9 Å². The molecule has 0 saturated carbocycles. The fourth-order valence-electron chi connectivity index (χ4n) is 1.47. The Hall–Kier alpha value is -2.18. The van der Waals surface area contributed by atoms with Crippen LogP contribution in [0.1, 0.15) is 0 Å². The summed E-state index contributed by atoms with van der Waals surface area (Å²) in [5.41, 5.74) is 0.606. The summed E-state index contributed by atoms with van der Waals surface area (Å²) in [4.78, 5) is 19.0. The Balaban J connectivity index is 2.37. The predicted molar refractivity (Wildman–Crippen MR) is 80.6 cm³/mol. The Kier molecular flexibility index (Phi) is 4.72. The number of hydrogen-bond acceptors (Lipinski definition) is 4. The third kappa shape index (κ3) is 3.90. The summed E-state index contributed by atoms with van der Waals surface area (Å²) in [7, 11) is 0. The highest BCUT2D eigenvalue weighted by atomic mass is 35.5. The van der Waals surface area contributed by atoms with Crippen molar-refractivity contribution < 1.29 is 9.18 Å². The molecule has 2 rings (SSSR count). The standard InChI is InChI=1S/C13H9Cl2FN4O/c1-2-11(21)18-10-5-7(16)3-4-9(10)19-12-8(14)6-17-13(15)20-12/h2-6H,1H2,(H,18,21)(H,17,19,20). The van der Waals surface area contributed by atoms with Gasteiger partial charge < -0.3 is 10.6 Å². The van der Waals surface area contributed by atoms with Gasteiger partial charge in [-0.15, -0.1) is 0 Å². The molecule has 0 spiro atoms. The highest BCUT2D eigenvalue weighted by Gasteiger charge is 2.10. The average Bonchev–Trinajstić information content (AvgIpc) is 2.45. The van der Waals surface area contributed by atoms with Crippen LogP contribution in [0.2, 0.25) is 10.3 Å². The first kappa shape index (κ1) is 15.2. The van der Waals surface area contributed by atoms with Crippen molar-refractivity contribution >= 4 is 46.3 Å². The van der Waals surface area contributed by atoms with Crippen molar-refractivity contribution in [2.24, 2.45) is 0 Å². The van der Waals surface area contributed by atoms with Gasteiger partial charge in [0.05, 0.1) is 17.6 Å². The maximum absolute atomic E-state index is 13.3. The van der Waals surface area contributed by atoms with Crippen LogP contribution < -0.4 is 10.6 Å². The van der Waals surface area contributed by atoms with E-state index >= 15 is 0 Å². The van der Waals surface area contributed by atoms with Crippen molar-refractivity contribution in [3.8, 4) is 0 Å². The molecule has 1 aromatic heterocycles. The molecule has 0 atom stereocenters. The van der Waals surface area contributed by atoms with Gasteiger partial charge in [-0.05, 0) is 35.9 Å². The molecule has 21 heavy (non-hydrogen) atoms. The fourth-order valence-corrected chi connectivity index (χ4v) is 1.75. The molecule has 1 heterocycles. The molecule has 0 aliphatic heterocycles. The van der Waals surface area contributed by atoms with Gasteiger partial charge in [-0.3, -0.25) is 4.79 Å². The Morgan fingerprint density at radius 1 is 1.33 bits per heavy atom. The summed E-state index contributed by atoms with van der Waals surface area (Å²) in [6, 6.07) is 3.81. The van der Waals surface area contributed by atoms with Gasteiger partial charge in [0, 0.05) is 0 Å². The van der Waals surface area contributed by atoms with Gasteiger partial charge >= 0.3 is 0 Å². The number of rotatable bonds is 4. The summed E-state index contributed by atoms with van der Waals surface area (Å²) >= 11 is 11.6. The molecule has 0 aliphatic rings. The van der Waals surface area contributed by atoms with Gasteiger partial charge in [0.25, 0.3) is 0 Å². The Morgan fingerprint density at radius 2 is 2.10 bits per heavy atom. The van der Waals surface area contributed by atoms with Crippen molar-refractivity contribution in [1.29, 1.82) is 0 Å². The normalized spacial score (nSPS) is 10.0. The molecule has 1 amide bonds. The molecule has 5 nitrogen and oxygen atoms in total. The molecule has 0 unspecified atom stereocenters. The van der Waals surface area contributed by atoms with Crippen molar-refractivity contribution in [1.82, 2.24) is 9.97 Å². The maximum Gasteiger partial charge on any atom is 0.247 e. The van der Waals surface area contributed by atoms with Gasteiger partial charge in [-0.25, -0.2) is 9.37 Å². The number of aromatic nitrogens is 2. The Bertz CT molecular complexity index is 709. The zero-order chi connectivity index (χ0) is 15.4. The molecular formula is C13H9Cl2FN4O. The minimum Gasteiger partial charge on any atom is -0.337 e. The molecule has 0 saturated heterocycles. The Morgan fingerprint density at radius 3 is 2.81 bits per heavy atom. The van der Waals surface area contributed by atoms with Crippen LogP contribution in [0, 0.1) is 5.82 Å². The van der Waals surface area contributed by atoms with E-state index in [0.29, 0.717) is 5.69 Å². The minimum absolute atomic E-state index is 0.000638. The topological polar surface area (TPSA) is 66.9 Å². The number of anilines is 3. The quantitative estimate of drug-likeness (QED) is 0.662. The van der Waals surface area contributed by atoms with E-state index in [1.807, 2.05) is 0 Å². The number of benzene rings is 1. The fraction of sp³-hybridized carbons (Fsp3) is 0. The first-order valence-electron chi connectivity index (χ1n) is 5.67. The summed E-state index contributed by atoms with van der Waals surface area (Å²) in [5.74, 6) is -0.750. The largest absolute Gasteiger partial charge is 0.337 e. The molecule has 2 N–H and O–H groups in total. The molecule has 0 radical (unpaired) electrons. The van der Waals surface area contributed by atoms with E-state index in [-0.39, 0.29) is 21.8 Å². The van der Waals surface area contributed by atoms with E-state index in [1.165, 1.54) is 18.3 Å². The minimum atomic E-state index is -0.508. The van der Waals surface area contributed by atoms with Gasteiger partial charge in [0.15, 0.2) is 5.82 Å². The van der Waals surface area contributed by atoms with Gasteiger partial charge in [-0.1, -0.05) is 18.2 Å². The van der Waals surface area contributed by atoms with Crippen molar-refractivity contribution in [2.45, 2.75) is 0 Å². The van der Waals surface area contributed by atoms with E-state index in [9.17, 15) is 9.18 Å². The highest BCUT2D eigenvalue weighted by molar-refractivity contribution is 6.33. The van der Waals surface area contributed by atoms with Gasteiger partial charge in [-0.2, -0.15) is 4.98 Å². The molecule has 2 aromatic rings. The van der Waals surface area contributed by atoms with E-state index in [2.05, 4.69) is 27.2 Å². The lowest BCUT2D eigenvalue weighted by molar-refractivity contribution is -0.111. The number of halogens is 3. The van der Waals surface area contributed by atoms with Gasteiger partial charge in [0.2, 0.25) is 11.2 Å². The number of carbonyl (C=O) groups is 1. The summed E-state index contributed by atoms with van der Waals surface area (Å²) in [6.45, 7) is 3.33. The van der Waals surface area contributed by atoms with E-state index in [0.717, 1.165) is 12.1 Å². The second-order valence-electron chi connectivity index (χ2n) is 3.84. The molecule has 0 aliphatic carbocycles. The second kappa shape index (κ2) is 6.51. The number of hydrogen-bond donors (Lipinski definition) is 2. The molecule has 0 bridgehead atoms. The smallest absolute Gasteiger partial charge is 0.247 e. The third-order valence-electron chi connectivity index (χ3n) is 2.39. The molecule has 108 valence electrons. The number of carbonyl (C=O) groups excluding carboxylic acids is 1. The molecular weight excluding hydrogens is 318 g/mol. The lowest BCUT2D eigenvalue weighted by atomic mass is 10.2. The number of nitrogens with one attached hydrogen (secondary N) is 2. The first-order chi connectivity index (χ1) is 9.99. The van der Waals surface area contributed by atoms with Crippen LogP contribution in [0.4, 0.5) is 21.6 Å². The van der Waals surface area contributed by atoms with Crippen LogP contribution >= 0.6 is 23.2 Å². The van der Waals surface area contributed by atoms with Crippen molar-refractivity contribution in [3.63, 3.8) is 0 Å². The zero-order valence-corrected chi connectivity index (χ0v) is 12.0. The van der Waals surface area contributed by atoms with Crippen LogP contribution in [0.5, 0.6) is 0 Å². The zero-order valence-electron chi connectivity index (χ0n) is 10.5. The van der Waals surface area contributed by atoms with Crippen molar-refractivity contribution in [2.75, 3.05) is 10.6 Å². The van der Waals surface area contributed by atoms with Crippen molar-refractivity contribution in [3.05, 3.63) is 53.2 Å². The predicted octanol–water partition coefficient (Wildman–Crippen LogP) is 3.79. The van der Waals surface area contributed by atoms with Crippen LogP contribution in [0.3, 0.4) is 0 Å². The van der Waals surface area contributed by atoms with Gasteiger partial charge in [0.1, 0.15) is 10.8 Å². The SMILES string of the molecule is C=CC(=O)Nc1cc(F)ccc1Nc1nc(Cl)ncc1Cl. The lowest BCUT2D eigenvalue weighted by Crippen LogP contribution is -2.10. The van der Waals surface area contributed by atoms with E-state index in [4.69, 9.17) is 23.2 Å². The maximum atomic E-state index is 13.3. The van der Waals surface area contributed by atoms with Crippen LogP contribution in [0.25, 0.3) is 0 Å². The summed E-state index contributed by atoms with van der Waals surface area (Å²) in [5, 5.41) is 5.56. The first-order valence-corrected chi connectivity index (χ1v) is 6.43. The van der Waals surface area contributed by atoms with E-state index in [1.54, 1.807) is 0 Å². The van der Waals surface area contributed by atoms with Crippen LogP contribution in [0.15, 0.2) is 37.1 Å². The third-order valence-corrected chi connectivity index (χ3v) is 2.85. The summed E-state index contributed by atoms with van der Waals surface area (Å²) in [6.07, 6.45) is 2.40.